The number of amides is 1. The van der Waals surface area contributed by atoms with Crippen LogP contribution in [0.25, 0.3) is 0 Å². The van der Waals surface area contributed by atoms with Crippen LogP contribution in [0, 0.1) is 0 Å². The Morgan fingerprint density at radius 1 is 1.05 bits per heavy atom. The Labute approximate surface area is 120 Å². The number of carbonyl (C=O) groups is 2. The van der Waals surface area contributed by atoms with Gasteiger partial charge in [0.25, 0.3) is 0 Å². The fourth-order valence-electron chi connectivity index (χ4n) is 1.62. The molecule has 0 bridgehead atoms. The number of hydrogen-bond acceptors (Lipinski definition) is 4. The summed E-state index contributed by atoms with van der Waals surface area (Å²) in [6.45, 7) is 5.38. The molecule has 0 radical (unpaired) electrons. The van der Waals surface area contributed by atoms with Crippen molar-refractivity contribution in [3.63, 3.8) is 0 Å². The normalized spacial score (nSPS) is 12.1. The molecule has 0 saturated carbocycles. The molecule has 0 aliphatic carbocycles. The van der Waals surface area contributed by atoms with E-state index >= 15 is 0 Å². The fraction of sp³-hybridized carbons (Fsp3) is 0.857. The van der Waals surface area contributed by atoms with Gasteiger partial charge in [0, 0.05) is 6.61 Å². The molecule has 0 rings (SSSR count). The summed E-state index contributed by atoms with van der Waals surface area (Å²) in [6, 6.07) is -0.825. The Bertz CT molecular complexity index is 270. The van der Waals surface area contributed by atoms with E-state index in [1.54, 1.807) is 0 Å². The van der Waals surface area contributed by atoms with Crippen LogP contribution in [0.1, 0.15) is 46.0 Å². The smallest absolute Gasteiger partial charge is 0.326 e. The summed E-state index contributed by atoms with van der Waals surface area (Å²) in [4.78, 5) is 22.5. The molecule has 0 aromatic heterocycles. The molecule has 1 amide bonds. The Hall–Kier alpha value is -1.14. The molecule has 118 valence electrons. The maximum absolute atomic E-state index is 11.5. The maximum atomic E-state index is 11.5. The van der Waals surface area contributed by atoms with Crippen LogP contribution in [-0.4, -0.2) is 49.5 Å². The maximum Gasteiger partial charge on any atom is 0.326 e. The van der Waals surface area contributed by atoms with Gasteiger partial charge < -0.3 is 19.9 Å². The van der Waals surface area contributed by atoms with Crippen molar-refractivity contribution in [1.82, 2.24) is 5.32 Å². The average Bonchev–Trinajstić information content (AvgIpc) is 2.41. The van der Waals surface area contributed by atoms with Crippen LogP contribution in [0.3, 0.4) is 0 Å². The van der Waals surface area contributed by atoms with Gasteiger partial charge in [-0.2, -0.15) is 0 Å². The predicted octanol–water partition coefficient (Wildman–Crippen LogP) is 1.58. The molecule has 6 heteroatoms. The molecule has 20 heavy (non-hydrogen) atoms. The summed E-state index contributed by atoms with van der Waals surface area (Å²) in [5, 5.41) is 11.5. The summed E-state index contributed by atoms with van der Waals surface area (Å²) < 4.78 is 10.3. The van der Waals surface area contributed by atoms with Crippen LogP contribution < -0.4 is 5.32 Å². The lowest BCUT2D eigenvalue weighted by atomic mass is 10.1. The fourth-order valence-corrected chi connectivity index (χ4v) is 1.62. The van der Waals surface area contributed by atoms with Crippen molar-refractivity contribution >= 4 is 11.9 Å². The van der Waals surface area contributed by atoms with Crippen molar-refractivity contribution < 1.29 is 24.2 Å². The first kappa shape index (κ1) is 18.9. The highest BCUT2D eigenvalue weighted by molar-refractivity contribution is 5.84. The third-order valence-electron chi connectivity index (χ3n) is 2.68. The molecule has 0 fully saturated rings. The monoisotopic (exact) mass is 289 g/mol. The minimum atomic E-state index is -0.999. The van der Waals surface area contributed by atoms with Gasteiger partial charge in [-0.3, -0.25) is 4.79 Å². The number of carbonyl (C=O) groups excluding carboxylic acids is 1. The highest BCUT2D eigenvalue weighted by atomic mass is 16.5. The molecule has 0 aliphatic heterocycles. The lowest BCUT2D eigenvalue weighted by Gasteiger charge is -2.14. The quantitative estimate of drug-likeness (QED) is 0.503. The minimum Gasteiger partial charge on any atom is -0.480 e. The molecule has 0 heterocycles. The first-order chi connectivity index (χ1) is 9.61. The van der Waals surface area contributed by atoms with Crippen LogP contribution >= 0.6 is 0 Å². The third-order valence-corrected chi connectivity index (χ3v) is 2.68. The van der Waals surface area contributed by atoms with Gasteiger partial charge in [0.2, 0.25) is 5.91 Å². The zero-order valence-corrected chi connectivity index (χ0v) is 12.5. The van der Waals surface area contributed by atoms with E-state index in [2.05, 4.69) is 5.32 Å². The van der Waals surface area contributed by atoms with Gasteiger partial charge in [-0.1, -0.05) is 33.1 Å². The van der Waals surface area contributed by atoms with Crippen LogP contribution in [0.5, 0.6) is 0 Å². The molecule has 0 aromatic carbocycles. The Kier molecular flexibility index (Phi) is 12.1. The molecule has 2 N–H and O–H groups in total. The SMILES string of the molecule is CCCCCC(NC(=O)COCCOCCC)C(=O)O. The summed E-state index contributed by atoms with van der Waals surface area (Å²) in [5.41, 5.74) is 0. The Morgan fingerprint density at radius 2 is 1.75 bits per heavy atom. The van der Waals surface area contributed by atoms with Crippen molar-refractivity contribution in [2.45, 2.75) is 52.0 Å². The van der Waals surface area contributed by atoms with Crippen molar-refractivity contribution in [2.24, 2.45) is 0 Å². The Morgan fingerprint density at radius 3 is 2.35 bits per heavy atom. The largest absolute Gasteiger partial charge is 0.480 e. The molecule has 0 aliphatic rings. The molecule has 0 spiro atoms. The van der Waals surface area contributed by atoms with E-state index in [0.717, 1.165) is 25.7 Å². The molecule has 0 aromatic rings. The zero-order chi connectivity index (χ0) is 15.2. The van der Waals surface area contributed by atoms with E-state index in [9.17, 15) is 9.59 Å². The van der Waals surface area contributed by atoms with Gasteiger partial charge in [0.05, 0.1) is 13.2 Å². The van der Waals surface area contributed by atoms with Crippen LogP contribution in [0.4, 0.5) is 0 Å². The number of hydrogen-bond donors (Lipinski definition) is 2. The highest BCUT2D eigenvalue weighted by Gasteiger charge is 2.19. The van der Waals surface area contributed by atoms with Gasteiger partial charge >= 0.3 is 5.97 Å². The van der Waals surface area contributed by atoms with E-state index in [0.29, 0.717) is 26.2 Å². The number of carboxylic acids is 1. The summed E-state index contributed by atoms with van der Waals surface area (Å²) in [5.74, 6) is -1.40. The summed E-state index contributed by atoms with van der Waals surface area (Å²) >= 11 is 0. The summed E-state index contributed by atoms with van der Waals surface area (Å²) in [7, 11) is 0. The molecular formula is C14H27NO5. The number of rotatable bonds is 13. The van der Waals surface area contributed by atoms with Crippen LogP contribution in [-0.2, 0) is 19.1 Å². The topological polar surface area (TPSA) is 84.9 Å². The van der Waals surface area contributed by atoms with Gasteiger partial charge in [0.1, 0.15) is 12.6 Å². The average molecular weight is 289 g/mol. The second-order valence-corrected chi connectivity index (χ2v) is 4.62. The second kappa shape index (κ2) is 12.9. The highest BCUT2D eigenvalue weighted by Crippen LogP contribution is 2.03. The van der Waals surface area contributed by atoms with E-state index in [1.165, 1.54) is 0 Å². The van der Waals surface area contributed by atoms with Gasteiger partial charge in [-0.25, -0.2) is 4.79 Å². The number of unbranched alkanes of at least 4 members (excludes halogenated alkanes) is 2. The molecule has 1 unspecified atom stereocenters. The predicted molar refractivity (Wildman–Crippen MR) is 75.6 cm³/mol. The summed E-state index contributed by atoms with van der Waals surface area (Å²) in [6.07, 6.45) is 4.17. The van der Waals surface area contributed by atoms with Crippen molar-refractivity contribution in [3.8, 4) is 0 Å². The van der Waals surface area contributed by atoms with Crippen molar-refractivity contribution in [3.05, 3.63) is 0 Å². The third kappa shape index (κ3) is 10.8. The van der Waals surface area contributed by atoms with Crippen LogP contribution in [0.15, 0.2) is 0 Å². The molecular weight excluding hydrogens is 262 g/mol. The van der Waals surface area contributed by atoms with E-state index < -0.39 is 17.9 Å². The van der Waals surface area contributed by atoms with Gasteiger partial charge in [0.15, 0.2) is 0 Å². The molecule has 0 saturated heterocycles. The minimum absolute atomic E-state index is 0.132. The number of ether oxygens (including phenoxy) is 2. The number of aliphatic carboxylic acids is 1. The van der Waals surface area contributed by atoms with Crippen LogP contribution in [0.2, 0.25) is 0 Å². The number of nitrogens with one attached hydrogen (secondary N) is 1. The van der Waals surface area contributed by atoms with Gasteiger partial charge in [-0.05, 0) is 12.8 Å². The van der Waals surface area contributed by atoms with E-state index in [-0.39, 0.29) is 6.61 Å². The first-order valence-electron chi connectivity index (χ1n) is 7.29. The van der Waals surface area contributed by atoms with E-state index in [4.69, 9.17) is 14.6 Å². The molecule has 1 atom stereocenters. The van der Waals surface area contributed by atoms with Gasteiger partial charge in [-0.15, -0.1) is 0 Å². The number of carboxylic acid groups (broad SMARTS) is 1. The second-order valence-electron chi connectivity index (χ2n) is 4.62. The lowest BCUT2D eigenvalue weighted by Crippen LogP contribution is -2.42. The standard InChI is InChI=1S/C14H27NO5/c1-3-5-6-7-12(14(17)18)15-13(16)11-20-10-9-19-8-4-2/h12H,3-11H2,1-2H3,(H,15,16)(H,17,18). The van der Waals surface area contributed by atoms with E-state index in [1.807, 2.05) is 13.8 Å². The lowest BCUT2D eigenvalue weighted by molar-refractivity contribution is -0.142. The Balaban J connectivity index is 3.75. The van der Waals surface area contributed by atoms with Crippen molar-refractivity contribution in [1.29, 1.82) is 0 Å². The van der Waals surface area contributed by atoms with Crippen molar-refractivity contribution in [2.75, 3.05) is 26.4 Å². The molecule has 6 nitrogen and oxygen atoms in total. The first-order valence-corrected chi connectivity index (χ1v) is 7.29. The zero-order valence-electron chi connectivity index (χ0n) is 12.5.